The first-order valence-corrected chi connectivity index (χ1v) is 6.44. The van der Waals surface area contributed by atoms with Gasteiger partial charge in [0.1, 0.15) is 5.01 Å². The van der Waals surface area contributed by atoms with E-state index in [0.717, 1.165) is 30.7 Å². The molecule has 0 amide bonds. The molecule has 1 saturated carbocycles. The molecule has 1 N–H and O–H groups in total. The van der Waals surface area contributed by atoms with Crippen molar-refractivity contribution in [3.8, 4) is 0 Å². The summed E-state index contributed by atoms with van der Waals surface area (Å²) in [7, 11) is 0. The summed E-state index contributed by atoms with van der Waals surface area (Å²) < 4.78 is 5.55. The number of aromatic nitrogens is 1. The Balaban J connectivity index is 1.53. The van der Waals surface area contributed by atoms with E-state index in [4.69, 9.17) is 4.74 Å². The highest BCUT2D eigenvalue weighted by atomic mass is 32.1. The number of hydrogen-bond acceptors (Lipinski definition) is 4. The van der Waals surface area contributed by atoms with Gasteiger partial charge < -0.3 is 10.1 Å². The number of nitrogens with zero attached hydrogens (tertiary/aromatic N) is 1. The molecular weight excluding hydrogens is 208 g/mol. The molecule has 4 heteroatoms. The molecule has 1 aliphatic carbocycles. The van der Waals surface area contributed by atoms with Gasteiger partial charge >= 0.3 is 0 Å². The van der Waals surface area contributed by atoms with Gasteiger partial charge in [0.05, 0.1) is 12.6 Å². The molecule has 1 aromatic rings. The van der Waals surface area contributed by atoms with Gasteiger partial charge in [-0.2, -0.15) is 0 Å². The number of nitrogens with one attached hydrogen (secondary N) is 1. The lowest BCUT2D eigenvalue weighted by molar-refractivity contribution is 0.124. The predicted octanol–water partition coefficient (Wildman–Crippen LogP) is 2.22. The van der Waals surface area contributed by atoms with Crippen molar-refractivity contribution in [3.63, 3.8) is 0 Å². The van der Waals surface area contributed by atoms with Gasteiger partial charge in [0.25, 0.3) is 0 Å². The van der Waals surface area contributed by atoms with E-state index in [1.165, 1.54) is 12.8 Å². The monoisotopic (exact) mass is 226 g/mol. The zero-order chi connectivity index (χ0) is 10.5. The topological polar surface area (TPSA) is 34.1 Å². The number of ether oxygens (including phenoxy) is 1. The fourth-order valence-corrected chi connectivity index (χ4v) is 2.09. The van der Waals surface area contributed by atoms with Crippen LogP contribution >= 0.6 is 11.3 Å². The van der Waals surface area contributed by atoms with Crippen molar-refractivity contribution in [2.45, 2.75) is 25.8 Å². The second-order valence-corrected chi connectivity index (χ2v) is 4.99. The maximum absolute atomic E-state index is 5.55. The van der Waals surface area contributed by atoms with Gasteiger partial charge in [-0.3, -0.25) is 0 Å². The van der Waals surface area contributed by atoms with Crippen molar-refractivity contribution in [2.24, 2.45) is 5.92 Å². The van der Waals surface area contributed by atoms with Crippen LogP contribution in [0.5, 0.6) is 0 Å². The quantitative estimate of drug-likeness (QED) is 0.724. The van der Waals surface area contributed by atoms with Crippen molar-refractivity contribution in [1.29, 1.82) is 0 Å². The normalized spacial score (nSPS) is 17.9. The van der Waals surface area contributed by atoms with Gasteiger partial charge in [-0.25, -0.2) is 4.98 Å². The van der Waals surface area contributed by atoms with Crippen molar-refractivity contribution >= 4 is 11.3 Å². The van der Waals surface area contributed by atoms with Crippen LogP contribution in [0.25, 0.3) is 0 Å². The third-order valence-electron chi connectivity index (χ3n) is 2.57. The summed E-state index contributed by atoms with van der Waals surface area (Å²) in [5.74, 6) is 0.862. The highest BCUT2D eigenvalue weighted by Gasteiger charge is 2.20. The first-order chi connectivity index (χ1) is 7.36. The van der Waals surface area contributed by atoms with Gasteiger partial charge in [-0.15, -0.1) is 11.3 Å². The van der Waals surface area contributed by atoms with Gasteiger partial charge in [-0.05, 0) is 25.7 Å². The number of thiazole rings is 1. The zero-order valence-corrected chi connectivity index (χ0v) is 9.93. The number of rotatable bonds is 7. The molecule has 15 heavy (non-hydrogen) atoms. The van der Waals surface area contributed by atoms with E-state index in [1.54, 1.807) is 11.3 Å². The minimum atomic E-state index is 0.342. The molecule has 1 atom stereocenters. The molecule has 3 nitrogen and oxygen atoms in total. The van der Waals surface area contributed by atoms with E-state index in [1.807, 2.05) is 11.6 Å². The maximum Gasteiger partial charge on any atom is 0.109 e. The van der Waals surface area contributed by atoms with Crippen molar-refractivity contribution < 1.29 is 4.74 Å². The fourth-order valence-electron chi connectivity index (χ4n) is 1.42. The zero-order valence-electron chi connectivity index (χ0n) is 9.11. The smallest absolute Gasteiger partial charge is 0.109 e. The Bertz CT molecular complexity index is 272. The van der Waals surface area contributed by atoms with E-state index < -0.39 is 0 Å². The van der Waals surface area contributed by atoms with Crippen molar-refractivity contribution in [1.82, 2.24) is 10.3 Å². The SMILES string of the molecule is CC(NCCOCC1CC1)c1nccs1. The van der Waals surface area contributed by atoms with Crippen LogP contribution in [-0.2, 0) is 4.74 Å². The van der Waals surface area contributed by atoms with Crippen LogP contribution < -0.4 is 5.32 Å². The van der Waals surface area contributed by atoms with Crippen LogP contribution in [0.15, 0.2) is 11.6 Å². The molecule has 2 rings (SSSR count). The molecule has 0 aromatic carbocycles. The lowest BCUT2D eigenvalue weighted by Gasteiger charge is -2.10. The van der Waals surface area contributed by atoms with E-state index in [2.05, 4.69) is 17.2 Å². The molecular formula is C11H18N2OS. The predicted molar refractivity (Wildman–Crippen MR) is 62.1 cm³/mol. The van der Waals surface area contributed by atoms with Crippen LogP contribution in [0.3, 0.4) is 0 Å². The molecule has 1 unspecified atom stereocenters. The first-order valence-electron chi connectivity index (χ1n) is 5.57. The van der Waals surface area contributed by atoms with Crippen LogP contribution in [0.4, 0.5) is 0 Å². The summed E-state index contributed by atoms with van der Waals surface area (Å²) >= 11 is 1.70. The maximum atomic E-state index is 5.55. The summed E-state index contributed by atoms with van der Waals surface area (Å²) in [6, 6.07) is 0.342. The third-order valence-corrected chi connectivity index (χ3v) is 3.53. The van der Waals surface area contributed by atoms with Crippen LogP contribution in [0, 0.1) is 5.92 Å². The third kappa shape index (κ3) is 3.89. The fraction of sp³-hybridized carbons (Fsp3) is 0.727. The van der Waals surface area contributed by atoms with Crippen LogP contribution in [0.2, 0.25) is 0 Å². The Morgan fingerprint density at radius 3 is 3.20 bits per heavy atom. The Morgan fingerprint density at radius 2 is 2.53 bits per heavy atom. The van der Waals surface area contributed by atoms with E-state index in [0.29, 0.717) is 6.04 Å². The lowest BCUT2D eigenvalue weighted by Crippen LogP contribution is -2.23. The molecule has 1 fully saturated rings. The standard InChI is InChI=1S/C11H18N2OS/c1-9(11-13-5-7-15-11)12-4-6-14-8-10-2-3-10/h5,7,9-10,12H,2-4,6,8H2,1H3. The van der Waals surface area contributed by atoms with E-state index in [-0.39, 0.29) is 0 Å². The van der Waals surface area contributed by atoms with Crippen molar-refractivity contribution in [2.75, 3.05) is 19.8 Å². The minimum Gasteiger partial charge on any atom is -0.380 e. The Labute approximate surface area is 94.9 Å². The summed E-state index contributed by atoms with van der Waals surface area (Å²) in [5, 5.41) is 6.56. The molecule has 0 aliphatic heterocycles. The van der Waals surface area contributed by atoms with Crippen LogP contribution in [-0.4, -0.2) is 24.7 Å². The summed E-state index contributed by atoms with van der Waals surface area (Å²) in [4.78, 5) is 4.27. The summed E-state index contributed by atoms with van der Waals surface area (Å²) in [6.45, 7) is 4.81. The second-order valence-electron chi connectivity index (χ2n) is 4.06. The Kier molecular flexibility index (Phi) is 4.11. The lowest BCUT2D eigenvalue weighted by atomic mass is 10.3. The highest BCUT2D eigenvalue weighted by Crippen LogP contribution is 2.28. The summed E-state index contributed by atoms with van der Waals surface area (Å²) in [5.41, 5.74) is 0. The molecule has 0 saturated heterocycles. The van der Waals surface area contributed by atoms with E-state index in [9.17, 15) is 0 Å². The first kappa shape index (κ1) is 11.0. The molecule has 0 radical (unpaired) electrons. The second kappa shape index (κ2) is 5.58. The molecule has 0 bridgehead atoms. The van der Waals surface area contributed by atoms with E-state index >= 15 is 0 Å². The van der Waals surface area contributed by atoms with Crippen LogP contribution in [0.1, 0.15) is 30.8 Å². The van der Waals surface area contributed by atoms with Gasteiger partial charge in [0, 0.05) is 24.7 Å². The molecule has 1 heterocycles. The van der Waals surface area contributed by atoms with Gasteiger partial charge in [0.2, 0.25) is 0 Å². The molecule has 1 aliphatic rings. The molecule has 84 valence electrons. The highest BCUT2D eigenvalue weighted by molar-refractivity contribution is 7.09. The minimum absolute atomic E-state index is 0.342. The molecule has 0 spiro atoms. The molecule has 1 aromatic heterocycles. The Hall–Kier alpha value is -0.450. The summed E-state index contributed by atoms with van der Waals surface area (Å²) in [6.07, 6.45) is 4.58. The van der Waals surface area contributed by atoms with Crippen molar-refractivity contribution in [3.05, 3.63) is 16.6 Å². The average Bonchev–Trinajstić information content (AvgIpc) is 2.90. The van der Waals surface area contributed by atoms with Gasteiger partial charge in [0.15, 0.2) is 0 Å². The Morgan fingerprint density at radius 1 is 1.67 bits per heavy atom. The average molecular weight is 226 g/mol. The number of hydrogen-bond donors (Lipinski definition) is 1. The largest absolute Gasteiger partial charge is 0.380 e. The van der Waals surface area contributed by atoms with Gasteiger partial charge in [-0.1, -0.05) is 0 Å².